The Morgan fingerprint density at radius 1 is 1.05 bits per heavy atom. The number of rotatable bonds is 6. The van der Waals surface area contributed by atoms with Crippen LogP contribution in [0.5, 0.6) is 0 Å². The third kappa shape index (κ3) is 3.13. The van der Waals surface area contributed by atoms with E-state index < -0.39 is 0 Å². The topological polar surface area (TPSA) is 29.3 Å². The van der Waals surface area contributed by atoms with E-state index in [0.717, 1.165) is 19.5 Å². The lowest BCUT2D eigenvalue weighted by Gasteiger charge is -2.30. The van der Waals surface area contributed by atoms with Crippen molar-refractivity contribution in [2.24, 2.45) is 11.7 Å². The van der Waals surface area contributed by atoms with Crippen molar-refractivity contribution in [1.82, 2.24) is 0 Å². The van der Waals surface area contributed by atoms with Crippen LogP contribution in [-0.4, -0.2) is 19.1 Å². The van der Waals surface area contributed by atoms with Crippen LogP contribution in [0.25, 0.3) is 10.8 Å². The summed E-state index contributed by atoms with van der Waals surface area (Å²) in [6.45, 7) is 8.54. The summed E-state index contributed by atoms with van der Waals surface area (Å²) in [5.41, 5.74) is 7.64. The predicted molar refractivity (Wildman–Crippen MR) is 89.3 cm³/mol. The van der Waals surface area contributed by atoms with Crippen LogP contribution in [0.4, 0.5) is 5.69 Å². The first-order valence-electron chi connectivity index (χ1n) is 7.65. The molecule has 2 aromatic carbocycles. The van der Waals surface area contributed by atoms with Crippen LogP contribution in [0, 0.1) is 5.92 Å². The van der Waals surface area contributed by atoms with Gasteiger partial charge in [0.15, 0.2) is 0 Å². The number of fused-ring (bicyclic) bond motifs is 1. The minimum atomic E-state index is 0.221. The lowest BCUT2D eigenvalue weighted by molar-refractivity contribution is 0.440. The van der Waals surface area contributed by atoms with E-state index in [1.807, 2.05) is 0 Å². The zero-order chi connectivity index (χ0) is 14.5. The molecule has 0 radical (unpaired) electrons. The van der Waals surface area contributed by atoms with Gasteiger partial charge in [-0.25, -0.2) is 0 Å². The molecule has 2 heteroatoms. The fourth-order valence-electron chi connectivity index (χ4n) is 2.62. The Kier molecular flexibility index (Phi) is 5.02. The molecule has 0 amide bonds. The Labute approximate surface area is 122 Å². The maximum Gasteiger partial charge on any atom is 0.0446 e. The van der Waals surface area contributed by atoms with Crippen LogP contribution >= 0.6 is 0 Å². The summed E-state index contributed by atoms with van der Waals surface area (Å²) < 4.78 is 0. The lowest BCUT2D eigenvalue weighted by atomic mass is 9.99. The van der Waals surface area contributed by atoms with Crippen LogP contribution in [0.1, 0.15) is 27.2 Å². The molecule has 2 unspecified atom stereocenters. The van der Waals surface area contributed by atoms with E-state index in [0.29, 0.717) is 5.92 Å². The summed E-state index contributed by atoms with van der Waals surface area (Å²) in [7, 11) is 0. The maximum absolute atomic E-state index is 6.34. The van der Waals surface area contributed by atoms with Crippen LogP contribution < -0.4 is 10.6 Å². The zero-order valence-electron chi connectivity index (χ0n) is 12.8. The van der Waals surface area contributed by atoms with E-state index in [1.165, 1.54) is 16.5 Å². The standard InChI is InChI=1S/C18H26N2/c1-4-14(3)17(19)13-20(5-2)18-12-8-10-15-9-6-7-11-16(15)18/h6-12,14,17H,4-5,13,19H2,1-3H3. The summed E-state index contributed by atoms with van der Waals surface area (Å²) in [5, 5.41) is 2.61. The van der Waals surface area contributed by atoms with Crippen molar-refractivity contribution in [2.75, 3.05) is 18.0 Å². The molecule has 0 saturated heterocycles. The third-order valence-corrected chi connectivity index (χ3v) is 4.30. The number of hydrogen-bond acceptors (Lipinski definition) is 2. The van der Waals surface area contributed by atoms with E-state index in [-0.39, 0.29) is 6.04 Å². The van der Waals surface area contributed by atoms with Crippen molar-refractivity contribution < 1.29 is 0 Å². The molecule has 2 aromatic rings. The summed E-state index contributed by atoms with van der Waals surface area (Å²) in [4.78, 5) is 2.40. The fraction of sp³-hybridized carbons (Fsp3) is 0.444. The molecule has 0 aliphatic carbocycles. The molecule has 0 spiro atoms. The highest BCUT2D eigenvalue weighted by Gasteiger charge is 2.16. The molecule has 0 heterocycles. The van der Waals surface area contributed by atoms with Gasteiger partial charge in [0.05, 0.1) is 0 Å². The normalized spacial score (nSPS) is 14.2. The summed E-state index contributed by atoms with van der Waals surface area (Å²) >= 11 is 0. The average molecular weight is 270 g/mol. The van der Waals surface area contributed by atoms with E-state index in [4.69, 9.17) is 5.73 Å². The molecule has 0 aliphatic heterocycles. The van der Waals surface area contributed by atoms with Gasteiger partial charge in [-0.1, -0.05) is 56.7 Å². The molecule has 108 valence electrons. The Hall–Kier alpha value is -1.54. The van der Waals surface area contributed by atoms with Crippen molar-refractivity contribution in [3.05, 3.63) is 42.5 Å². The molecular weight excluding hydrogens is 244 g/mol. The molecule has 20 heavy (non-hydrogen) atoms. The van der Waals surface area contributed by atoms with Gasteiger partial charge in [0.2, 0.25) is 0 Å². The van der Waals surface area contributed by atoms with Gasteiger partial charge in [-0.05, 0) is 24.3 Å². The van der Waals surface area contributed by atoms with Gasteiger partial charge in [-0.15, -0.1) is 0 Å². The first kappa shape index (κ1) is 14.9. The minimum absolute atomic E-state index is 0.221. The molecule has 0 fully saturated rings. The van der Waals surface area contributed by atoms with Gasteiger partial charge < -0.3 is 10.6 Å². The average Bonchev–Trinajstić information content (AvgIpc) is 2.51. The molecular formula is C18H26N2. The Morgan fingerprint density at radius 2 is 1.75 bits per heavy atom. The number of nitrogens with zero attached hydrogens (tertiary/aromatic N) is 1. The van der Waals surface area contributed by atoms with Crippen molar-refractivity contribution in [3.63, 3.8) is 0 Å². The van der Waals surface area contributed by atoms with Crippen molar-refractivity contribution >= 4 is 16.5 Å². The quantitative estimate of drug-likeness (QED) is 0.858. The highest BCUT2D eigenvalue weighted by Crippen LogP contribution is 2.27. The monoisotopic (exact) mass is 270 g/mol. The SMILES string of the molecule is CCC(C)C(N)CN(CC)c1cccc2ccccc12. The Morgan fingerprint density at radius 3 is 2.45 bits per heavy atom. The second-order valence-corrected chi connectivity index (χ2v) is 5.59. The summed E-state index contributed by atoms with van der Waals surface area (Å²) in [6, 6.07) is 15.3. The number of benzene rings is 2. The highest BCUT2D eigenvalue weighted by atomic mass is 15.1. The molecule has 0 aromatic heterocycles. The van der Waals surface area contributed by atoms with Gasteiger partial charge in [0, 0.05) is 30.2 Å². The Balaban J connectivity index is 2.30. The summed E-state index contributed by atoms with van der Waals surface area (Å²) in [6.07, 6.45) is 1.13. The summed E-state index contributed by atoms with van der Waals surface area (Å²) in [5.74, 6) is 0.555. The second kappa shape index (κ2) is 6.76. The molecule has 0 bridgehead atoms. The number of nitrogens with two attached hydrogens (primary N) is 1. The van der Waals surface area contributed by atoms with E-state index >= 15 is 0 Å². The van der Waals surface area contributed by atoms with Crippen molar-refractivity contribution in [2.45, 2.75) is 33.2 Å². The number of likely N-dealkylation sites (N-methyl/N-ethyl adjacent to an activating group) is 1. The first-order valence-corrected chi connectivity index (χ1v) is 7.65. The highest BCUT2D eigenvalue weighted by molar-refractivity contribution is 5.94. The van der Waals surface area contributed by atoms with Gasteiger partial charge in [-0.3, -0.25) is 0 Å². The largest absolute Gasteiger partial charge is 0.370 e. The molecule has 0 aliphatic rings. The predicted octanol–water partition coefficient (Wildman–Crippen LogP) is 4.04. The van der Waals surface area contributed by atoms with Crippen LogP contribution in [0.15, 0.2) is 42.5 Å². The van der Waals surface area contributed by atoms with Gasteiger partial charge >= 0.3 is 0 Å². The molecule has 2 atom stereocenters. The van der Waals surface area contributed by atoms with Gasteiger partial charge in [0.1, 0.15) is 0 Å². The number of anilines is 1. The molecule has 2 rings (SSSR count). The van der Waals surface area contributed by atoms with Crippen LogP contribution in [0.2, 0.25) is 0 Å². The van der Waals surface area contributed by atoms with Crippen LogP contribution in [-0.2, 0) is 0 Å². The molecule has 2 nitrogen and oxygen atoms in total. The number of hydrogen-bond donors (Lipinski definition) is 1. The Bertz CT molecular complexity index is 545. The van der Waals surface area contributed by atoms with Crippen molar-refractivity contribution in [3.8, 4) is 0 Å². The van der Waals surface area contributed by atoms with Crippen molar-refractivity contribution in [1.29, 1.82) is 0 Å². The second-order valence-electron chi connectivity index (χ2n) is 5.59. The van der Waals surface area contributed by atoms with Crippen LogP contribution in [0.3, 0.4) is 0 Å². The third-order valence-electron chi connectivity index (χ3n) is 4.30. The molecule has 2 N–H and O–H groups in total. The van der Waals surface area contributed by atoms with E-state index in [1.54, 1.807) is 0 Å². The minimum Gasteiger partial charge on any atom is -0.370 e. The van der Waals surface area contributed by atoms with E-state index in [9.17, 15) is 0 Å². The van der Waals surface area contributed by atoms with E-state index in [2.05, 4.69) is 68.1 Å². The first-order chi connectivity index (χ1) is 9.67. The smallest absolute Gasteiger partial charge is 0.0446 e. The van der Waals surface area contributed by atoms with Gasteiger partial charge in [-0.2, -0.15) is 0 Å². The maximum atomic E-state index is 6.34. The fourth-order valence-corrected chi connectivity index (χ4v) is 2.62. The lowest BCUT2D eigenvalue weighted by Crippen LogP contribution is -2.41. The van der Waals surface area contributed by atoms with Gasteiger partial charge in [0.25, 0.3) is 0 Å². The zero-order valence-corrected chi connectivity index (χ0v) is 12.8. The molecule has 0 saturated carbocycles.